The van der Waals surface area contributed by atoms with Gasteiger partial charge in [-0.25, -0.2) is 18.6 Å². The highest BCUT2D eigenvalue weighted by Crippen LogP contribution is 2.44. The number of halogens is 5. The lowest BCUT2D eigenvalue weighted by Crippen LogP contribution is -2.09. The van der Waals surface area contributed by atoms with Crippen molar-refractivity contribution in [1.82, 2.24) is 4.98 Å². The number of carbonyl (C=O) groups excluding carboxylic acids is 1. The standard InChI is InChI=1S/C28H24F5NO3/c1-2-36-27(35)25-13-18(15-29)12-24(34-25)22-5-3-4-21(22)23-14-19(28(31,32)33)8-11-26(23)37-16-17-6-9-20(30)10-7-17/h6-14H,2-5,15-16H2,1H3. The second kappa shape index (κ2) is 11.1. The molecule has 4 nitrogen and oxygen atoms in total. The Hall–Kier alpha value is -3.75. The van der Waals surface area contributed by atoms with Crippen molar-refractivity contribution in [3.63, 3.8) is 0 Å². The Morgan fingerprint density at radius 3 is 2.38 bits per heavy atom. The van der Waals surface area contributed by atoms with Crippen molar-refractivity contribution in [3.8, 4) is 5.75 Å². The van der Waals surface area contributed by atoms with Crippen LogP contribution in [0.25, 0.3) is 11.1 Å². The summed E-state index contributed by atoms with van der Waals surface area (Å²) in [6.07, 6.45) is -3.02. The smallest absolute Gasteiger partial charge is 0.416 e. The summed E-state index contributed by atoms with van der Waals surface area (Å²) in [5.74, 6) is -0.898. The van der Waals surface area contributed by atoms with E-state index in [1.807, 2.05) is 0 Å². The van der Waals surface area contributed by atoms with Gasteiger partial charge >= 0.3 is 12.1 Å². The summed E-state index contributed by atoms with van der Waals surface area (Å²) in [5, 5.41) is 0. The Bertz CT molecular complexity index is 1320. The van der Waals surface area contributed by atoms with Gasteiger partial charge in [0.25, 0.3) is 0 Å². The third-order valence-corrected chi connectivity index (χ3v) is 5.99. The molecule has 0 amide bonds. The fourth-order valence-corrected chi connectivity index (χ4v) is 4.26. The summed E-state index contributed by atoms with van der Waals surface area (Å²) in [7, 11) is 0. The van der Waals surface area contributed by atoms with E-state index in [1.165, 1.54) is 42.5 Å². The normalized spacial score (nSPS) is 13.7. The molecule has 2 aromatic carbocycles. The van der Waals surface area contributed by atoms with Crippen LogP contribution >= 0.6 is 0 Å². The van der Waals surface area contributed by atoms with Crippen LogP contribution in [0.2, 0.25) is 0 Å². The van der Waals surface area contributed by atoms with Crippen molar-refractivity contribution in [2.45, 2.75) is 45.6 Å². The number of hydrogen-bond acceptors (Lipinski definition) is 4. The van der Waals surface area contributed by atoms with Crippen LogP contribution in [-0.2, 0) is 24.2 Å². The fourth-order valence-electron chi connectivity index (χ4n) is 4.26. The van der Waals surface area contributed by atoms with Crippen molar-refractivity contribution in [2.24, 2.45) is 0 Å². The maximum absolute atomic E-state index is 13.6. The van der Waals surface area contributed by atoms with E-state index in [0.29, 0.717) is 41.7 Å². The molecular weight excluding hydrogens is 493 g/mol. The van der Waals surface area contributed by atoms with Crippen molar-refractivity contribution in [2.75, 3.05) is 6.61 Å². The molecule has 0 N–H and O–H groups in total. The van der Waals surface area contributed by atoms with Crippen LogP contribution in [0.15, 0.2) is 54.6 Å². The predicted octanol–water partition coefficient (Wildman–Crippen LogP) is 7.56. The second-order valence-electron chi connectivity index (χ2n) is 8.53. The van der Waals surface area contributed by atoms with E-state index in [2.05, 4.69) is 4.98 Å². The van der Waals surface area contributed by atoms with E-state index in [0.717, 1.165) is 12.1 Å². The topological polar surface area (TPSA) is 48.4 Å². The molecule has 0 atom stereocenters. The van der Waals surface area contributed by atoms with E-state index in [-0.39, 0.29) is 35.8 Å². The van der Waals surface area contributed by atoms with Gasteiger partial charge in [0.2, 0.25) is 0 Å². The average Bonchev–Trinajstić information content (AvgIpc) is 3.37. The summed E-state index contributed by atoms with van der Waals surface area (Å²) in [5.41, 5.74) is 1.70. The van der Waals surface area contributed by atoms with Crippen LogP contribution in [0, 0.1) is 5.82 Å². The van der Waals surface area contributed by atoms with Crippen molar-refractivity contribution >= 4 is 17.1 Å². The van der Waals surface area contributed by atoms with Crippen LogP contribution in [-0.4, -0.2) is 17.6 Å². The van der Waals surface area contributed by atoms with Crippen LogP contribution in [0.3, 0.4) is 0 Å². The van der Waals surface area contributed by atoms with Gasteiger partial charge in [-0.05, 0) is 90.9 Å². The molecule has 0 saturated carbocycles. The fraction of sp³-hybridized carbons (Fsp3) is 0.286. The predicted molar refractivity (Wildman–Crippen MR) is 128 cm³/mol. The Morgan fingerprint density at radius 1 is 0.973 bits per heavy atom. The van der Waals surface area contributed by atoms with E-state index < -0.39 is 30.2 Å². The molecule has 0 radical (unpaired) electrons. The van der Waals surface area contributed by atoms with E-state index in [1.54, 1.807) is 6.92 Å². The first-order valence-electron chi connectivity index (χ1n) is 11.7. The number of pyridine rings is 1. The van der Waals surface area contributed by atoms with Crippen LogP contribution < -0.4 is 4.74 Å². The lowest BCUT2D eigenvalue weighted by molar-refractivity contribution is -0.137. The summed E-state index contributed by atoms with van der Waals surface area (Å²) in [6.45, 7) is 0.920. The Morgan fingerprint density at radius 2 is 1.70 bits per heavy atom. The molecule has 9 heteroatoms. The molecule has 194 valence electrons. The highest BCUT2D eigenvalue weighted by Gasteiger charge is 2.32. The number of ether oxygens (including phenoxy) is 2. The number of hydrogen-bond donors (Lipinski definition) is 0. The lowest BCUT2D eigenvalue weighted by atomic mass is 9.96. The monoisotopic (exact) mass is 517 g/mol. The molecule has 1 heterocycles. The first kappa shape index (κ1) is 26.3. The molecule has 37 heavy (non-hydrogen) atoms. The second-order valence-corrected chi connectivity index (χ2v) is 8.53. The lowest BCUT2D eigenvalue weighted by Gasteiger charge is -2.17. The molecule has 0 bridgehead atoms. The number of esters is 1. The van der Waals surface area contributed by atoms with Gasteiger partial charge in [-0.3, -0.25) is 0 Å². The number of alkyl halides is 4. The number of aromatic nitrogens is 1. The molecule has 1 aliphatic rings. The Balaban J connectivity index is 1.80. The third-order valence-electron chi connectivity index (χ3n) is 5.99. The largest absolute Gasteiger partial charge is 0.488 e. The summed E-state index contributed by atoms with van der Waals surface area (Å²) < 4.78 is 78.6. The summed E-state index contributed by atoms with van der Waals surface area (Å²) >= 11 is 0. The highest BCUT2D eigenvalue weighted by atomic mass is 19.4. The highest BCUT2D eigenvalue weighted by molar-refractivity contribution is 5.95. The molecule has 0 fully saturated rings. The quantitative estimate of drug-likeness (QED) is 0.229. The van der Waals surface area contributed by atoms with Crippen LogP contribution in [0.5, 0.6) is 5.75 Å². The minimum atomic E-state index is -4.58. The molecule has 3 aromatic rings. The first-order valence-corrected chi connectivity index (χ1v) is 11.7. The van der Waals surface area contributed by atoms with E-state index in [9.17, 15) is 26.7 Å². The molecule has 0 aliphatic heterocycles. The van der Waals surface area contributed by atoms with Gasteiger partial charge in [-0.1, -0.05) is 12.1 Å². The maximum atomic E-state index is 13.6. The number of benzene rings is 2. The van der Waals surface area contributed by atoms with Crippen molar-refractivity contribution < 1.29 is 36.2 Å². The van der Waals surface area contributed by atoms with Gasteiger partial charge < -0.3 is 9.47 Å². The van der Waals surface area contributed by atoms with Gasteiger partial charge in [0.15, 0.2) is 0 Å². The minimum absolute atomic E-state index is 0.0177. The van der Waals surface area contributed by atoms with Crippen molar-refractivity contribution in [3.05, 3.63) is 94.1 Å². The Kier molecular flexibility index (Phi) is 7.90. The SMILES string of the molecule is CCOC(=O)c1cc(CF)cc(C2=C(c3cc(C(F)(F)F)ccc3OCc3ccc(F)cc3)CCC2)n1. The molecule has 0 saturated heterocycles. The van der Waals surface area contributed by atoms with E-state index >= 15 is 0 Å². The van der Waals surface area contributed by atoms with Gasteiger partial charge in [0.1, 0.15) is 30.5 Å². The zero-order valence-electron chi connectivity index (χ0n) is 20.0. The maximum Gasteiger partial charge on any atom is 0.416 e. The molecule has 1 aromatic heterocycles. The first-order chi connectivity index (χ1) is 17.7. The zero-order valence-corrected chi connectivity index (χ0v) is 20.0. The third kappa shape index (κ3) is 6.15. The van der Waals surface area contributed by atoms with Crippen LogP contribution in [0.1, 0.15) is 64.6 Å². The molecular formula is C28H24F5NO3. The number of rotatable bonds is 8. The van der Waals surface area contributed by atoms with Crippen molar-refractivity contribution in [1.29, 1.82) is 0 Å². The molecule has 1 aliphatic carbocycles. The summed E-state index contributed by atoms with van der Waals surface area (Å²) in [6, 6.07) is 11.6. The Labute approximate surface area is 210 Å². The summed E-state index contributed by atoms with van der Waals surface area (Å²) in [4.78, 5) is 16.7. The van der Waals surface area contributed by atoms with Gasteiger partial charge in [-0.2, -0.15) is 13.2 Å². The van der Waals surface area contributed by atoms with Gasteiger partial charge in [0, 0.05) is 5.56 Å². The molecule has 4 rings (SSSR count). The van der Waals surface area contributed by atoms with Crippen LogP contribution in [0.4, 0.5) is 22.0 Å². The van der Waals surface area contributed by atoms with Gasteiger partial charge in [-0.15, -0.1) is 0 Å². The molecule has 0 unspecified atom stereocenters. The average molecular weight is 517 g/mol. The zero-order chi connectivity index (χ0) is 26.6. The number of nitrogens with zero attached hydrogens (tertiary/aromatic N) is 1. The van der Waals surface area contributed by atoms with E-state index in [4.69, 9.17) is 9.47 Å². The minimum Gasteiger partial charge on any atom is -0.488 e. The number of carbonyl (C=O) groups is 1. The number of allylic oxidation sites excluding steroid dienone is 2. The molecule has 0 spiro atoms. The van der Waals surface area contributed by atoms with Gasteiger partial charge in [0.05, 0.1) is 17.9 Å².